The molecule has 1 aliphatic rings. The number of rotatable bonds is 6. The Balaban J connectivity index is 1.77. The highest BCUT2D eigenvalue weighted by Crippen LogP contribution is 2.24. The SMILES string of the molecule is Cc1cc(CC(CNC2CC2)c2ccc(F)cc2)n(C)n1. The zero-order valence-electron chi connectivity index (χ0n) is 12.6. The van der Waals surface area contributed by atoms with Crippen LogP contribution in [0.15, 0.2) is 30.3 Å². The van der Waals surface area contributed by atoms with Gasteiger partial charge in [-0.05, 0) is 49.9 Å². The van der Waals surface area contributed by atoms with Crippen molar-refractivity contribution in [3.05, 3.63) is 53.1 Å². The molecule has 3 nitrogen and oxygen atoms in total. The maximum absolute atomic E-state index is 13.1. The molecule has 0 amide bonds. The number of aromatic nitrogens is 2. The first-order valence-corrected chi connectivity index (χ1v) is 7.60. The van der Waals surface area contributed by atoms with Crippen molar-refractivity contribution < 1.29 is 4.39 Å². The summed E-state index contributed by atoms with van der Waals surface area (Å²) in [4.78, 5) is 0. The van der Waals surface area contributed by atoms with E-state index in [9.17, 15) is 4.39 Å². The summed E-state index contributed by atoms with van der Waals surface area (Å²) in [6.07, 6.45) is 3.48. The fourth-order valence-electron chi connectivity index (χ4n) is 2.75. The number of benzene rings is 1. The summed E-state index contributed by atoms with van der Waals surface area (Å²) in [6, 6.07) is 9.71. The maximum atomic E-state index is 13.1. The summed E-state index contributed by atoms with van der Waals surface area (Å²) in [5.41, 5.74) is 3.45. The highest BCUT2D eigenvalue weighted by molar-refractivity contribution is 5.23. The minimum Gasteiger partial charge on any atom is -0.313 e. The zero-order chi connectivity index (χ0) is 14.8. The standard InChI is InChI=1S/C17H22FN3/c1-12-9-17(21(2)20-12)10-14(11-19-16-7-8-16)13-3-5-15(18)6-4-13/h3-6,9,14,16,19H,7-8,10-11H2,1-2H3. The molecule has 1 saturated carbocycles. The van der Waals surface area contributed by atoms with E-state index in [2.05, 4.69) is 16.5 Å². The van der Waals surface area contributed by atoms with E-state index in [1.54, 1.807) is 12.1 Å². The third-order valence-corrected chi connectivity index (χ3v) is 4.13. The van der Waals surface area contributed by atoms with Crippen LogP contribution in [0.1, 0.15) is 35.7 Å². The van der Waals surface area contributed by atoms with Crippen LogP contribution in [0.2, 0.25) is 0 Å². The van der Waals surface area contributed by atoms with E-state index in [-0.39, 0.29) is 5.82 Å². The van der Waals surface area contributed by atoms with E-state index in [1.807, 2.05) is 30.8 Å². The molecule has 1 N–H and O–H groups in total. The molecule has 1 aliphatic carbocycles. The van der Waals surface area contributed by atoms with Gasteiger partial charge < -0.3 is 5.32 Å². The molecule has 2 aromatic rings. The van der Waals surface area contributed by atoms with Crippen LogP contribution in [-0.4, -0.2) is 22.4 Å². The molecule has 1 atom stereocenters. The van der Waals surface area contributed by atoms with Crippen molar-refractivity contribution in [1.29, 1.82) is 0 Å². The molecule has 0 spiro atoms. The molecule has 0 radical (unpaired) electrons. The van der Waals surface area contributed by atoms with Crippen molar-refractivity contribution in [2.75, 3.05) is 6.54 Å². The molecule has 112 valence electrons. The van der Waals surface area contributed by atoms with Gasteiger partial charge >= 0.3 is 0 Å². The average molecular weight is 287 g/mol. The molecule has 0 aliphatic heterocycles. The molecule has 1 aromatic carbocycles. The lowest BCUT2D eigenvalue weighted by Gasteiger charge is -2.18. The summed E-state index contributed by atoms with van der Waals surface area (Å²) in [7, 11) is 1.98. The molecule has 1 fully saturated rings. The Labute approximate surface area is 125 Å². The summed E-state index contributed by atoms with van der Waals surface area (Å²) >= 11 is 0. The highest BCUT2D eigenvalue weighted by Gasteiger charge is 2.23. The largest absolute Gasteiger partial charge is 0.313 e. The predicted octanol–water partition coefficient (Wildman–Crippen LogP) is 2.95. The molecule has 1 aromatic heterocycles. The topological polar surface area (TPSA) is 29.9 Å². The van der Waals surface area contributed by atoms with Crippen molar-refractivity contribution in [2.24, 2.45) is 7.05 Å². The molecule has 4 heteroatoms. The molecular weight excluding hydrogens is 265 g/mol. The summed E-state index contributed by atoms with van der Waals surface area (Å²) < 4.78 is 15.1. The van der Waals surface area contributed by atoms with Gasteiger partial charge in [-0.25, -0.2) is 4.39 Å². The third-order valence-electron chi connectivity index (χ3n) is 4.13. The van der Waals surface area contributed by atoms with Gasteiger partial charge in [-0.1, -0.05) is 12.1 Å². The van der Waals surface area contributed by atoms with Gasteiger partial charge in [0.05, 0.1) is 5.69 Å². The summed E-state index contributed by atoms with van der Waals surface area (Å²) in [5, 5.41) is 8.01. The Morgan fingerprint density at radius 2 is 2.05 bits per heavy atom. The Morgan fingerprint density at radius 3 is 2.62 bits per heavy atom. The smallest absolute Gasteiger partial charge is 0.123 e. The van der Waals surface area contributed by atoms with Crippen LogP contribution in [0.5, 0.6) is 0 Å². The number of nitrogens with one attached hydrogen (secondary N) is 1. The maximum Gasteiger partial charge on any atom is 0.123 e. The number of hydrogen-bond acceptors (Lipinski definition) is 2. The number of nitrogens with zero attached hydrogens (tertiary/aromatic N) is 2. The summed E-state index contributed by atoms with van der Waals surface area (Å²) in [5.74, 6) is 0.171. The van der Waals surface area contributed by atoms with Crippen LogP contribution < -0.4 is 5.32 Å². The van der Waals surface area contributed by atoms with Gasteiger partial charge in [0.2, 0.25) is 0 Å². The van der Waals surface area contributed by atoms with E-state index in [4.69, 9.17) is 0 Å². The monoisotopic (exact) mass is 287 g/mol. The van der Waals surface area contributed by atoms with Crippen molar-refractivity contribution >= 4 is 0 Å². The normalized spacial score (nSPS) is 16.1. The van der Waals surface area contributed by atoms with Crippen LogP contribution in [0.3, 0.4) is 0 Å². The number of hydrogen-bond donors (Lipinski definition) is 1. The molecule has 1 unspecified atom stereocenters. The lowest BCUT2D eigenvalue weighted by molar-refractivity contribution is 0.555. The third kappa shape index (κ3) is 3.70. The van der Waals surface area contributed by atoms with Crippen LogP contribution in [-0.2, 0) is 13.5 Å². The van der Waals surface area contributed by atoms with Crippen molar-refractivity contribution in [3.63, 3.8) is 0 Å². The van der Waals surface area contributed by atoms with Crippen molar-refractivity contribution in [3.8, 4) is 0 Å². The zero-order valence-corrected chi connectivity index (χ0v) is 12.6. The summed E-state index contributed by atoms with van der Waals surface area (Å²) in [6.45, 7) is 2.94. The first-order valence-electron chi connectivity index (χ1n) is 7.60. The molecule has 21 heavy (non-hydrogen) atoms. The average Bonchev–Trinajstić information content (AvgIpc) is 3.22. The van der Waals surface area contributed by atoms with Crippen LogP contribution >= 0.6 is 0 Å². The molecule has 0 bridgehead atoms. The molecule has 3 rings (SSSR count). The predicted molar refractivity (Wildman–Crippen MR) is 81.8 cm³/mol. The number of aryl methyl sites for hydroxylation is 2. The Bertz CT molecular complexity index is 599. The fourth-order valence-corrected chi connectivity index (χ4v) is 2.75. The van der Waals surface area contributed by atoms with E-state index < -0.39 is 0 Å². The van der Waals surface area contributed by atoms with Gasteiger partial charge in [0, 0.05) is 31.2 Å². The lowest BCUT2D eigenvalue weighted by atomic mass is 9.94. The Morgan fingerprint density at radius 1 is 1.33 bits per heavy atom. The Hall–Kier alpha value is -1.68. The first-order chi connectivity index (χ1) is 10.1. The Kier molecular flexibility index (Phi) is 4.06. The molecule has 1 heterocycles. The minimum absolute atomic E-state index is 0.177. The van der Waals surface area contributed by atoms with Gasteiger partial charge in [-0.2, -0.15) is 5.10 Å². The van der Waals surface area contributed by atoms with Gasteiger partial charge in [0.1, 0.15) is 5.82 Å². The van der Waals surface area contributed by atoms with Crippen molar-refractivity contribution in [1.82, 2.24) is 15.1 Å². The first kappa shape index (κ1) is 14.3. The van der Waals surface area contributed by atoms with Crippen LogP contribution in [0.25, 0.3) is 0 Å². The quantitative estimate of drug-likeness (QED) is 0.885. The van der Waals surface area contributed by atoms with E-state index in [0.29, 0.717) is 12.0 Å². The van der Waals surface area contributed by atoms with Gasteiger partial charge in [-0.3, -0.25) is 4.68 Å². The second-order valence-corrected chi connectivity index (χ2v) is 6.04. The van der Waals surface area contributed by atoms with E-state index in [1.165, 1.54) is 24.1 Å². The van der Waals surface area contributed by atoms with Crippen LogP contribution in [0.4, 0.5) is 4.39 Å². The van der Waals surface area contributed by atoms with Gasteiger partial charge in [0.25, 0.3) is 0 Å². The molecule has 0 saturated heterocycles. The fraction of sp³-hybridized carbons (Fsp3) is 0.471. The molecular formula is C17H22FN3. The van der Waals surface area contributed by atoms with Gasteiger partial charge in [0.15, 0.2) is 0 Å². The second kappa shape index (κ2) is 5.98. The minimum atomic E-state index is -0.177. The van der Waals surface area contributed by atoms with Crippen LogP contribution in [0, 0.1) is 12.7 Å². The van der Waals surface area contributed by atoms with E-state index >= 15 is 0 Å². The van der Waals surface area contributed by atoms with E-state index in [0.717, 1.165) is 18.7 Å². The lowest BCUT2D eigenvalue weighted by Crippen LogP contribution is -2.25. The highest BCUT2D eigenvalue weighted by atomic mass is 19.1. The number of halogens is 1. The van der Waals surface area contributed by atoms with Crippen molar-refractivity contribution in [2.45, 2.75) is 38.1 Å². The van der Waals surface area contributed by atoms with Gasteiger partial charge in [-0.15, -0.1) is 0 Å². The second-order valence-electron chi connectivity index (χ2n) is 6.04.